The van der Waals surface area contributed by atoms with Gasteiger partial charge in [0.2, 0.25) is 0 Å². The van der Waals surface area contributed by atoms with Gasteiger partial charge in [0.25, 0.3) is 5.91 Å². The van der Waals surface area contributed by atoms with E-state index < -0.39 is 9.84 Å². The topological polar surface area (TPSA) is 63.7 Å². The van der Waals surface area contributed by atoms with Crippen LogP contribution in [-0.2, 0) is 14.6 Å². The number of ether oxygens (including phenoxy) is 1. The molecule has 1 aliphatic heterocycles. The maximum absolute atomic E-state index is 12.6. The van der Waals surface area contributed by atoms with Gasteiger partial charge in [0.15, 0.2) is 16.4 Å². The molecule has 26 heavy (non-hydrogen) atoms. The summed E-state index contributed by atoms with van der Waals surface area (Å²) in [5.41, 5.74) is 1.94. The maximum atomic E-state index is 12.6. The van der Waals surface area contributed by atoms with Crippen molar-refractivity contribution in [1.82, 2.24) is 4.90 Å². The van der Waals surface area contributed by atoms with Gasteiger partial charge >= 0.3 is 0 Å². The highest BCUT2D eigenvalue weighted by atomic mass is 32.2. The Labute approximate surface area is 154 Å². The molecule has 2 aromatic carbocycles. The van der Waals surface area contributed by atoms with Gasteiger partial charge in [-0.2, -0.15) is 0 Å². The second kappa shape index (κ2) is 7.91. The normalized spacial score (nSPS) is 18.4. The molecular weight excluding hydrogens is 350 g/mol. The van der Waals surface area contributed by atoms with Crippen LogP contribution in [0.2, 0.25) is 0 Å². The van der Waals surface area contributed by atoms with Crippen molar-refractivity contribution < 1.29 is 17.9 Å². The molecule has 0 N–H and O–H groups in total. The fraction of sp³-hybridized carbons (Fsp3) is 0.350. The summed E-state index contributed by atoms with van der Waals surface area (Å²) < 4.78 is 29.2. The van der Waals surface area contributed by atoms with Gasteiger partial charge in [0, 0.05) is 18.2 Å². The molecule has 1 heterocycles. The first kappa shape index (κ1) is 18.5. The van der Waals surface area contributed by atoms with Gasteiger partial charge in [0.1, 0.15) is 5.75 Å². The highest BCUT2D eigenvalue weighted by molar-refractivity contribution is 7.91. The minimum absolute atomic E-state index is 0.0488. The Bertz CT molecular complexity index is 864. The fourth-order valence-corrected chi connectivity index (χ4v) is 5.06. The Balaban J connectivity index is 1.70. The average Bonchev–Trinajstić information content (AvgIpc) is 3.01. The molecule has 0 aromatic heterocycles. The first-order chi connectivity index (χ1) is 12.5. The minimum Gasteiger partial charge on any atom is -0.483 e. The Morgan fingerprint density at radius 2 is 1.81 bits per heavy atom. The molecule has 1 saturated heterocycles. The number of carbonyl (C=O) groups is 1. The number of nitrogens with zero attached hydrogens (tertiary/aromatic N) is 1. The number of carbonyl (C=O) groups excluding carboxylic acids is 1. The summed E-state index contributed by atoms with van der Waals surface area (Å²) in [5.74, 6) is 0.659. The van der Waals surface area contributed by atoms with Crippen LogP contribution in [0.4, 0.5) is 0 Å². The number of para-hydroxylation sites is 1. The van der Waals surface area contributed by atoms with Gasteiger partial charge < -0.3 is 9.64 Å². The highest BCUT2D eigenvalue weighted by Gasteiger charge is 2.34. The van der Waals surface area contributed by atoms with Crippen molar-refractivity contribution in [3.05, 3.63) is 54.6 Å². The standard InChI is InChI=1S/C20H23NO4S/c1-2-21(17-12-13-26(23,24)15-17)20(22)14-25-19-11-7-6-10-18(19)16-8-4-3-5-9-16/h3-11,17H,2,12-15H2,1H3/t17-/m0/s1. The summed E-state index contributed by atoms with van der Waals surface area (Å²) in [6, 6.07) is 17.2. The van der Waals surface area contributed by atoms with Gasteiger partial charge in [-0.15, -0.1) is 0 Å². The van der Waals surface area contributed by atoms with Crippen molar-refractivity contribution in [3.63, 3.8) is 0 Å². The van der Waals surface area contributed by atoms with Crippen LogP contribution in [0, 0.1) is 0 Å². The van der Waals surface area contributed by atoms with Crippen molar-refractivity contribution in [3.8, 4) is 16.9 Å². The average molecular weight is 373 g/mol. The van der Waals surface area contributed by atoms with Crippen molar-refractivity contribution in [2.45, 2.75) is 19.4 Å². The van der Waals surface area contributed by atoms with Gasteiger partial charge in [-0.3, -0.25) is 4.79 Å². The van der Waals surface area contributed by atoms with E-state index in [1.807, 2.05) is 61.5 Å². The molecule has 0 unspecified atom stereocenters. The molecular formula is C20H23NO4S. The van der Waals surface area contributed by atoms with Gasteiger partial charge in [-0.05, 0) is 25.0 Å². The monoisotopic (exact) mass is 373 g/mol. The second-order valence-corrected chi connectivity index (χ2v) is 8.62. The molecule has 0 saturated carbocycles. The zero-order chi connectivity index (χ0) is 18.6. The molecule has 0 aliphatic carbocycles. The van der Waals surface area contributed by atoms with Crippen LogP contribution in [-0.4, -0.2) is 49.9 Å². The third kappa shape index (κ3) is 4.25. The van der Waals surface area contributed by atoms with Crippen molar-refractivity contribution in [1.29, 1.82) is 0 Å². The highest BCUT2D eigenvalue weighted by Crippen LogP contribution is 2.29. The number of rotatable bonds is 6. The largest absolute Gasteiger partial charge is 0.483 e. The predicted molar refractivity (Wildman–Crippen MR) is 102 cm³/mol. The molecule has 0 radical (unpaired) electrons. The molecule has 1 atom stereocenters. The summed E-state index contributed by atoms with van der Waals surface area (Å²) in [6.07, 6.45) is 0.502. The van der Waals surface area contributed by atoms with Crippen molar-refractivity contribution in [2.75, 3.05) is 24.7 Å². The van der Waals surface area contributed by atoms with Crippen molar-refractivity contribution >= 4 is 15.7 Å². The molecule has 1 aliphatic rings. The lowest BCUT2D eigenvalue weighted by Gasteiger charge is -2.27. The quantitative estimate of drug-likeness (QED) is 0.781. The fourth-order valence-electron chi connectivity index (χ4n) is 3.33. The Morgan fingerprint density at radius 3 is 2.46 bits per heavy atom. The Hall–Kier alpha value is -2.34. The van der Waals surface area contributed by atoms with Crippen LogP contribution in [0.25, 0.3) is 11.1 Å². The first-order valence-corrected chi connectivity index (χ1v) is 10.6. The summed E-state index contributed by atoms with van der Waals surface area (Å²) in [7, 11) is -3.03. The van der Waals surface area contributed by atoms with Gasteiger partial charge in [-0.1, -0.05) is 48.5 Å². The van der Waals surface area contributed by atoms with Crippen LogP contribution < -0.4 is 4.74 Å². The summed E-state index contributed by atoms with van der Waals surface area (Å²) in [5, 5.41) is 0. The molecule has 1 fully saturated rings. The zero-order valence-electron chi connectivity index (χ0n) is 14.8. The molecule has 3 rings (SSSR count). The molecule has 0 bridgehead atoms. The number of sulfone groups is 1. The molecule has 5 nitrogen and oxygen atoms in total. The molecule has 2 aromatic rings. The summed E-state index contributed by atoms with van der Waals surface area (Å²) in [6.45, 7) is 2.23. The van der Waals surface area contributed by atoms with Gasteiger partial charge in [-0.25, -0.2) is 8.42 Å². The smallest absolute Gasteiger partial charge is 0.260 e. The Kier molecular flexibility index (Phi) is 5.61. The second-order valence-electron chi connectivity index (χ2n) is 6.39. The van der Waals surface area contributed by atoms with Crippen LogP contribution >= 0.6 is 0 Å². The van der Waals surface area contributed by atoms with E-state index in [0.717, 1.165) is 11.1 Å². The lowest BCUT2D eigenvalue weighted by molar-refractivity contribution is -0.135. The number of hydrogen-bond acceptors (Lipinski definition) is 4. The minimum atomic E-state index is -3.03. The SMILES string of the molecule is CCN(C(=O)COc1ccccc1-c1ccccc1)[C@H]1CCS(=O)(=O)C1. The number of likely N-dealkylation sites (N-methyl/N-ethyl adjacent to an activating group) is 1. The lowest BCUT2D eigenvalue weighted by atomic mass is 10.1. The first-order valence-electron chi connectivity index (χ1n) is 8.77. The third-order valence-corrected chi connectivity index (χ3v) is 6.38. The van der Waals surface area contributed by atoms with Crippen LogP contribution in [0.1, 0.15) is 13.3 Å². The van der Waals surface area contributed by atoms with E-state index >= 15 is 0 Å². The molecule has 1 amide bonds. The van der Waals surface area contributed by atoms with Crippen molar-refractivity contribution in [2.24, 2.45) is 0 Å². The molecule has 138 valence electrons. The number of benzene rings is 2. The summed E-state index contributed by atoms with van der Waals surface area (Å²) in [4.78, 5) is 14.2. The predicted octanol–water partition coefficient (Wildman–Crippen LogP) is 2.77. The van der Waals surface area contributed by atoms with Crippen LogP contribution in [0.5, 0.6) is 5.75 Å². The molecule has 6 heteroatoms. The molecule has 0 spiro atoms. The van der Waals surface area contributed by atoms with Crippen LogP contribution in [0.15, 0.2) is 54.6 Å². The third-order valence-electron chi connectivity index (χ3n) is 4.63. The van der Waals surface area contributed by atoms with E-state index in [9.17, 15) is 13.2 Å². The van der Waals surface area contributed by atoms with Gasteiger partial charge in [0.05, 0.1) is 11.5 Å². The van der Waals surface area contributed by atoms with Crippen LogP contribution in [0.3, 0.4) is 0 Å². The van der Waals surface area contributed by atoms with E-state index in [0.29, 0.717) is 18.7 Å². The van der Waals surface area contributed by atoms with E-state index in [2.05, 4.69) is 0 Å². The van der Waals surface area contributed by atoms with E-state index in [-0.39, 0.29) is 30.1 Å². The van der Waals surface area contributed by atoms with E-state index in [4.69, 9.17) is 4.74 Å². The zero-order valence-corrected chi connectivity index (χ0v) is 15.6. The maximum Gasteiger partial charge on any atom is 0.260 e. The Morgan fingerprint density at radius 1 is 1.12 bits per heavy atom. The van der Waals surface area contributed by atoms with E-state index in [1.54, 1.807) is 4.90 Å². The summed E-state index contributed by atoms with van der Waals surface area (Å²) >= 11 is 0. The van der Waals surface area contributed by atoms with E-state index in [1.165, 1.54) is 0 Å². The number of amides is 1. The number of hydrogen-bond donors (Lipinski definition) is 0. The lowest BCUT2D eigenvalue weighted by Crippen LogP contribution is -2.43.